The van der Waals surface area contributed by atoms with Gasteiger partial charge in [-0.2, -0.15) is 0 Å². The third-order valence-electron chi connectivity index (χ3n) is 5.45. The van der Waals surface area contributed by atoms with Crippen LogP contribution in [0.3, 0.4) is 0 Å². The first-order chi connectivity index (χ1) is 13.4. The Morgan fingerprint density at radius 2 is 1.74 bits per heavy atom. The molecule has 2 aromatic heterocycles. The van der Waals surface area contributed by atoms with E-state index in [9.17, 15) is 0 Å². The summed E-state index contributed by atoms with van der Waals surface area (Å²) in [5.74, 6) is 1.71. The number of rotatable bonds is 4. The van der Waals surface area contributed by atoms with Gasteiger partial charge in [0.25, 0.3) is 0 Å². The van der Waals surface area contributed by atoms with Crippen LogP contribution in [0, 0.1) is 0 Å². The molecule has 0 unspecified atom stereocenters. The van der Waals surface area contributed by atoms with Gasteiger partial charge in [-0.1, -0.05) is 0 Å². The van der Waals surface area contributed by atoms with Crippen molar-refractivity contribution in [3.05, 3.63) is 43.1 Å². The molecule has 0 N–H and O–H groups in total. The van der Waals surface area contributed by atoms with Crippen LogP contribution in [0.4, 0.5) is 11.5 Å². The summed E-state index contributed by atoms with van der Waals surface area (Å²) in [6.07, 6.45) is 8.79. The fourth-order valence-electron chi connectivity index (χ4n) is 3.62. The first-order valence-electron chi connectivity index (χ1n) is 9.54. The molecule has 2 fully saturated rings. The Morgan fingerprint density at radius 1 is 0.889 bits per heavy atom. The number of aromatic nitrogens is 4. The molecule has 1 aliphatic heterocycles. The summed E-state index contributed by atoms with van der Waals surface area (Å²) >= 11 is 0. The Hall–Kier alpha value is -2.96. The van der Waals surface area contributed by atoms with Crippen molar-refractivity contribution in [2.45, 2.75) is 25.4 Å². The molecule has 1 aliphatic carbocycles. The fourth-order valence-corrected chi connectivity index (χ4v) is 3.62. The standard InChI is InChI=1S/C20H22N6O/c1-2-16(3-1)27-20-17-12-15(4-5-18(17)22-14-24-20)25-8-10-26(11-9-25)19-6-7-21-13-23-19/h4-7,12-14,16H,1-3,8-11H2. The third-order valence-corrected chi connectivity index (χ3v) is 5.45. The second-order valence-electron chi connectivity index (χ2n) is 7.09. The molecule has 7 heteroatoms. The molecule has 2 aliphatic rings. The van der Waals surface area contributed by atoms with Crippen molar-refractivity contribution in [2.75, 3.05) is 36.0 Å². The van der Waals surface area contributed by atoms with Gasteiger partial charge in [-0.15, -0.1) is 0 Å². The minimum Gasteiger partial charge on any atom is -0.474 e. The van der Waals surface area contributed by atoms with E-state index in [2.05, 4.69) is 47.9 Å². The number of fused-ring (bicyclic) bond motifs is 1. The first-order valence-corrected chi connectivity index (χ1v) is 9.54. The van der Waals surface area contributed by atoms with Crippen molar-refractivity contribution in [1.29, 1.82) is 0 Å². The van der Waals surface area contributed by atoms with Gasteiger partial charge in [0.1, 0.15) is 24.6 Å². The summed E-state index contributed by atoms with van der Waals surface area (Å²) in [6.45, 7) is 3.77. The van der Waals surface area contributed by atoms with Gasteiger partial charge in [0.15, 0.2) is 0 Å². The number of hydrogen-bond acceptors (Lipinski definition) is 7. The van der Waals surface area contributed by atoms with E-state index in [1.807, 2.05) is 6.07 Å². The monoisotopic (exact) mass is 362 g/mol. The molecule has 3 heterocycles. The zero-order chi connectivity index (χ0) is 18.1. The van der Waals surface area contributed by atoms with Gasteiger partial charge in [-0.05, 0) is 43.5 Å². The maximum atomic E-state index is 6.09. The Balaban J connectivity index is 1.35. The van der Waals surface area contributed by atoms with Gasteiger partial charge in [-0.3, -0.25) is 0 Å². The molecule has 3 aromatic rings. The molecule has 7 nitrogen and oxygen atoms in total. The predicted octanol–water partition coefficient (Wildman–Crippen LogP) is 2.68. The molecule has 1 saturated heterocycles. The van der Waals surface area contributed by atoms with E-state index in [4.69, 9.17) is 4.74 Å². The normalized spacial score (nSPS) is 17.8. The number of benzene rings is 1. The van der Waals surface area contributed by atoms with Crippen molar-refractivity contribution in [1.82, 2.24) is 19.9 Å². The fraction of sp³-hybridized carbons (Fsp3) is 0.400. The lowest BCUT2D eigenvalue weighted by atomic mass is 9.96. The second-order valence-corrected chi connectivity index (χ2v) is 7.09. The van der Waals surface area contributed by atoms with E-state index < -0.39 is 0 Å². The number of piperazine rings is 1. The molecule has 0 bridgehead atoms. The van der Waals surface area contributed by atoms with E-state index in [1.165, 1.54) is 12.1 Å². The van der Waals surface area contributed by atoms with Crippen molar-refractivity contribution < 1.29 is 4.74 Å². The van der Waals surface area contributed by atoms with E-state index in [0.29, 0.717) is 12.0 Å². The maximum absolute atomic E-state index is 6.09. The molecule has 0 spiro atoms. The van der Waals surface area contributed by atoms with Gasteiger partial charge in [0.2, 0.25) is 5.88 Å². The van der Waals surface area contributed by atoms with Crippen LogP contribution in [0.15, 0.2) is 43.1 Å². The summed E-state index contributed by atoms with van der Waals surface area (Å²) in [4.78, 5) is 21.8. The molecule has 27 heavy (non-hydrogen) atoms. The first kappa shape index (κ1) is 16.2. The van der Waals surface area contributed by atoms with Crippen LogP contribution in [0.25, 0.3) is 10.9 Å². The quantitative estimate of drug-likeness (QED) is 0.707. The minimum absolute atomic E-state index is 0.308. The van der Waals surface area contributed by atoms with Gasteiger partial charge >= 0.3 is 0 Å². The van der Waals surface area contributed by atoms with Gasteiger partial charge < -0.3 is 14.5 Å². The molecular weight excluding hydrogens is 340 g/mol. The van der Waals surface area contributed by atoms with Crippen LogP contribution in [0.2, 0.25) is 0 Å². The highest BCUT2D eigenvalue weighted by Crippen LogP contribution is 2.31. The summed E-state index contributed by atoms with van der Waals surface area (Å²) in [5.41, 5.74) is 2.13. The smallest absolute Gasteiger partial charge is 0.224 e. The highest BCUT2D eigenvalue weighted by atomic mass is 16.5. The van der Waals surface area contributed by atoms with Crippen molar-refractivity contribution in [2.24, 2.45) is 0 Å². The summed E-state index contributed by atoms with van der Waals surface area (Å²) in [7, 11) is 0. The average Bonchev–Trinajstić information content (AvgIpc) is 2.71. The molecule has 0 radical (unpaired) electrons. The lowest BCUT2D eigenvalue weighted by molar-refractivity contribution is 0.116. The zero-order valence-corrected chi connectivity index (χ0v) is 15.2. The minimum atomic E-state index is 0.308. The Bertz CT molecular complexity index is 922. The summed E-state index contributed by atoms with van der Waals surface area (Å²) < 4.78 is 6.09. The summed E-state index contributed by atoms with van der Waals surface area (Å²) in [5, 5.41) is 1.00. The molecule has 5 rings (SSSR count). The highest BCUT2D eigenvalue weighted by molar-refractivity contribution is 5.86. The van der Waals surface area contributed by atoms with Crippen LogP contribution in [0.5, 0.6) is 5.88 Å². The Kier molecular flexibility index (Phi) is 4.20. The van der Waals surface area contributed by atoms with Gasteiger partial charge in [0, 0.05) is 38.1 Å². The molecule has 138 valence electrons. The SMILES string of the molecule is c1cc(N2CCN(c3ccc4ncnc(OC5CCC5)c4c3)CC2)ncn1. The van der Waals surface area contributed by atoms with Crippen LogP contribution in [-0.2, 0) is 0 Å². The Morgan fingerprint density at radius 3 is 2.48 bits per heavy atom. The van der Waals surface area contributed by atoms with E-state index in [0.717, 1.165) is 55.7 Å². The predicted molar refractivity (Wildman–Crippen MR) is 104 cm³/mol. The number of anilines is 2. The highest BCUT2D eigenvalue weighted by Gasteiger charge is 2.22. The lowest BCUT2D eigenvalue weighted by Crippen LogP contribution is -2.46. The summed E-state index contributed by atoms with van der Waals surface area (Å²) in [6, 6.07) is 8.34. The van der Waals surface area contributed by atoms with Crippen molar-refractivity contribution in [3.8, 4) is 5.88 Å². The second kappa shape index (κ2) is 6.98. The molecular formula is C20H22N6O. The number of hydrogen-bond donors (Lipinski definition) is 0. The lowest BCUT2D eigenvalue weighted by Gasteiger charge is -2.36. The van der Waals surface area contributed by atoms with E-state index in [-0.39, 0.29) is 0 Å². The van der Waals surface area contributed by atoms with E-state index in [1.54, 1.807) is 18.9 Å². The molecule has 0 atom stereocenters. The Labute approximate surface area is 158 Å². The number of nitrogens with zero attached hydrogens (tertiary/aromatic N) is 6. The number of ether oxygens (including phenoxy) is 1. The molecule has 1 saturated carbocycles. The van der Waals surface area contributed by atoms with Crippen LogP contribution >= 0.6 is 0 Å². The van der Waals surface area contributed by atoms with Gasteiger partial charge in [0.05, 0.1) is 10.9 Å². The van der Waals surface area contributed by atoms with Crippen LogP contribution < -0.4 is 14.5 Å². The average molecular weight is 362 g/mol. The van der Waals surface area contributed by atoms with Crippen LogP contribution in [-0.4, -0.2) is 52.2 Å². The molecule has 1 aromatic carbocycles. The van der Waals surface area contributed by atoms with Crippen molar-refractivity contribution >= 4 is 22.4 Å². The molecule has 0 amide bonds. The van der Waals surface area contributed by atoms with E-state index >= 15 is 0 Å². The maximum Gasteiger partial charge on any atom is 0.224 e. The van der Waals surface area contributed by atoms with Gasteiger partial charge in [-0.25, -0.2) is 19.9 Å². The largest absolute Gasteiger partial charge is 0.474 e. The van der Waals surface area contributed by atoms with Crippen molar-refractivity contribution in [3.63, 3.8) is 0 Å². The van der Waals surface area contributed by atoms with Crippen LogP contribution in [0.1, 0.15) is 19.3 Å². The topological polar surface area (TPSA) is 67.3 Å². The zero-order valence-electron chi connectivity index (χ0n) is 15.2. The third kappa shape index (κ3) is 3.25.